The van der Waals surface area contributed by atoms with Crippen LogP contribution in [0.25, 0.3) is 6.08 Å². The monoisotopic (exact) mass is 491 g/mol. The zero-order valence-corrected chi connectivity index (χ0v) is 19.9. The first kappa shape index (κ1) is 23.7. The highest BCUT2D eigenvalue weighted by molar-refractivity contribution is 7.88. The summed E-state index contributed by atoms with van der Waals surface area (Å²) in [4.78, 5) is 26.2. The predicted molar refractivity (Wildman–Crippen MR) is 126 cm³/mol. The SMILES string of the molecule is C/C=C\c1ccc2n(c1=O)C[C@@H]1[C@@H](CO)[C@H](C(=O)NCc3ccccc3Cl)N(S(C)(=O)=O)[C@H]21. The Morgan fingerprint density at radius 1 is 1.27 bits per heavy atom. The molecule has 1 aromatic heterocycles. The lowest BCUT2D eigenvalue weighted by Crippen LogP contribution is -2.50. The van der Waals surface area contributed by atoms with Crippen LogP contribution in [0.1, 0.15) is 29.8 Å². The molecular formula is C23H26ClN3O5S. The average Bonchev–Trinajstić information content (AvgIpc) is 3.29. The standard InChI is InChI=1S/C23H26ClN3O5S/c1-3-6-14-9-10-19-20-16(12-26(19)23(14)30)17(13-28)21(27(20)33(2,31)32)22(29)25-11-15-7-4-5-8-18(15)24/h3-10,16-17,20-21,28H,11-13H2,1-2H3,(H,25,29)/b6-3-/t16-,17-,20+,21-/m1/s1. The minimum atomic E-state index is -3.85. The Morgan fingerprint density at radius 3 is 2.64 bits per heavy atom. The van der Waals surface area contributed by atoms with E-state index in [1.807, 2.05) is 6.92 Å². The van der Waals surface area contributed by atoms with Gasteiger partial charge in [0.05, 0.1) is 12.3 Å². The van der Waals surface area contributed by atoms with Crippen molar-refractivity contribution < 1.29 is 18.3 Å². The van der Waals surface area contributed by atoms with E-state index in [-0.39, 0.29) is 25.3 Å². The molecule has 33 heavy (non-hydrogen) atoms. The molecule has 1 amide bonds. The molecule has 1 saturated heterocycles. The molecule has 1 fully saturated rings. The average molecular weight is 492 g/mol. The van der Waals surface area contributed by atoms with Gasteiger partial charge in [-0.15, -0.1) is 0 Å². The summed E-state index contributed by atoms with van der Waals surface area (Å²) in [6.07, 6.45) is 4.51. The fraction of sp³-hybridized carbons (Fsp3) is 0.391. The number of amides is 1. The minimum Gasteiger partial charge on any atom is -0.396 e. The third-order valence-corrected chi connectivity index (χ3v) is 8.05. The Labute approximate surface area is 197 Å². The van der Waals surface area contributed by atoms with E-state index in [0.717, 1.165) is 10.6 Å². The number of aliphatic hydroxyl groups excluding tert-OH is 1. The zero-order chi connectivity index (χ0) is 23.9. The van der Waals surface area contributed by atoms with E-state index in [1.54, 1.807) is 53.1 Å². The number of benzene rings is 1. The molecule has 1 aromatic carbocycles. The summed E-state index contributed by atoms with van der Waals surface area (Å²) in [5.41, 5.74) is 1.51. The van der Waals surface area contributed by atoms with E-state index < -0.39 is 39.8 Å². The molecule has 176 valence electrons. The molecule has 4 atom stereocenters. The molecule has 2 aromatic rings. The molecule has 0 saturated carbocycles. The van der Waals surface area contributed by atoms with Gasteiger partial charge in [-0.25, -0.2) is 8.42 Å². The maximum atomic E-state index is 13.3. The van der Waals surface area contributed by atoms with Gasteiger partial charge in [0.15, 0.2) is 0 Å². The highest BCUT2D eigenvalue weighted by atomic mass is 35.5. The van der Waals surface area contributed by atoms with Gasteiger partial charge in [0.2, 0.25) is 15.9 Å². The number of nitrogens with zero attached hydrogens (tertiary/aromatic N) is 2. The molecule has 0 aliphatic carbocycles. The molecule has 8 nitrogen and oxygen atoms in total. The zero-order valence-electron chi connectivity index (χ0n) is 18.3. The van der Waals surface area contributed by atoms with Crippen LogP contribution in [0.5, 0.6) is 0 Å². The van der Waals surface area contributed by atoms with Gasteiger partial charge in [0, 0.05) is 47.8 Å². The lowest BCUT2D eigenvalue weighted by atomic mass is 9.88. The summed E-state index contributed by atoms with van der Waals surface area (Å²) in [5, 5.41) is 13.5. The lowest BCUT2D eigenvalue weighted by molar-refractivity contribution is -0.126. The van der Waals surface area contributed by atoms with E-state index in [1.165, 1.54) is 0 Å². The number of sulfonamides is 1. The van der Waals surface area contributed by atoms with Crippen LogP contribution in [-0.4, -0.2) is 47.2 Å². The minimum absolute atomic E-state index is 0.128. The van der Waals surface area contributed by atoms with E-state index in [9.17, 15) is 23.1 Å². The maximum absolute atomic E-state index is 13.3. The number of allylic oxidation sites excluding steroid dienone is 1. The highest BCUT2D eigenvalue weighted by Crippen LogP contribution is 2.50. The summed E-state index contributed by atoms with van der Waals surface area (Å²) < 4.78 is 28.5. The van der Waals surface area contributed by atoms with Gasteiger partial charge in [-0.2, -0.15) is 4.31 Å². The molecule has 0 radical (unpaired) electrons. The van der Waals surface area contributed by atoms with Crippen molar-refractivity contribution in [2.45, 2.75) is 32.1 Å². The first-order valence-electron chi connectivity index (χ1n) is 10.7. The van der Waals surface area contributed by atoms with Crippen molar-refractivity contribution in [1.82, 2.24) is 14.2 Å². The van der Waals surface area contributed by atoms with Crippen molar-refractivity contribution in [3.05, 3.63) is 74.7 Å². The summed E-state index contributed by atoms with van der Waals surface area (Å²) >= 11 is 6.17. The van der Waals surface area contributed by atoms with Crippen LogP contribution >= 0.6 is 11.6 Å². The van der Waals surface area contributed by atoms with Gasteiger partial charge in [-0.1, -0.05) is 42.0 Å². The second-order valence-corrected chi connectivity index (χ2v) is 10.7. The third-order valence-electron chi connectivity index (χ3n) is 6.46. The normalized spacial score (nSPS) is 24.7. The van der Waals surface area contributed by atoms with Gasteiger partial charge in [0.1, 0.15) is 6.04 Å². The predicted octanol–water partition coefficient (Wildman–Crippen LogP) is 1.77. The van der Waals surface area contributed by atoms with Crippen molar-refractivity contribution in [2.24, 2.45) is 11.8 Å². The summed E-state index contributed by atoms with van der Waals surface area (Å²) in [6, 6.07) is 8.65. The maximum Gasteiger partial charge on any atom is 0.258 e. The number of fused-ring (bicyclic) bond motifs is 3. The quantitative estimate of drug-likeness (QED) is 0.640. The molecule has 4 rings (SSSR count). The number of carbonyl (C=O) groups excluding carboxylic acids is 1. The molecule has 0 unspecified atom stereocenters. The summed E-state index contributed by atoms with van der Waals surface area (Å²) in [6.45, 7) is 1.78. The smallest absolute Gasteiger partial charge is 0.258 e. The molecule has 10 heteroatoms. The number of aromatic nitrogens is 1. The Bertz CT molecular complexity index is 1270. The third kappa shape index (κ3) is 4.14. The Hall–Kier alpha value is -2.46. The summed E-state index contributed by atoms with van der Waals surface area (Å²) in [7, 11) is -3.85. The van der Waals surface area contributed by atoms with E-state index >= 15 is 0 Å². The van der Waals surface area contributed by atoms with Crippen LogP contribution in [-0.2, 0) is 27.9 Å². The molecule has 2 N–H and O–H groups in total. The Morgan fingerprint density at radius 2 is 2.00 bits per heavy atom. The van der Waals surface area contributed by atoms with Crippen molar-refractivity contribution in [3.63, 3.8) is 0 Å². The molecule has 3 heterocycles. The van der Waals surface area contributed by atoms with Gasteiger partial charge in [-0.05, 0) is 30.7 Å². The van der Waals surface area contributed by atoms with Gasteiger partial charge >= 0.3 is 0 Å². The number of carbonyl (C=O) groups is 1. The van der Waals surface area contributed by atoms with E-state index in [0.29, 0.717) is 21.8 Å². The number of halogens is 1. The molecular weight excluding hydrogens is 466 g/mol. The number of aliphatic hydroxyl groups is 1. The van der Waals surface area contributed by atoms with E-state index in [4.69, 9.17) is 11.6 Å². The van der Waals surface area contributed by atoms with Crippen LogP contribution in [0.15, 0.2) is 47.3 Å². The first-order chi connectivity index (χ1) is 15.7. The Kier molecular flexibility index (Phi) is 6.50. The van der Waals surface area contributed by atoms with Gasteiger partial charge < -0.3 is 15.0 Å². The molecule has 0 bridgehead atoms. The van der Waals surface area contributed by atoms with Crippen molar-refractivity contribution >= 4 is 33.6 Å². The fourth-order valence-electron chi connectivity index (χ4n) is 5.06. The van der Waals surface area contributed by atoms with Gasteiger partial charge in [0.25, 0.3) is 5.56 Å². The topological polar surface area (TPSA) is 109 Å². The Balaban J connectivity index is 1.71. The molecule has 2 aliphatic heterocycles. The number of nitrogens with one attached hydrogen (secondary N) is 1. The second-order valence-electron chi connectivity index (χ2n) is 8.43. The van der Waals surface area contributed by atoms with Crippen molar-refractivity contribution in [2.75, 3.05) is 12.9 Å². The lowest BCUT2D eigenvalue weighted by Gasteiger charge is -2.28. The second kappa shape index (κ2) is 9.06. The van der Waals surface area contributed by atoms with Gasteiger partial charge in [-0.3, -0.25) is 9.59 Å². The fourth-order valence-corrected chi connectivity index (χ4v) is 6.61. The number of pyridine rings is 1. The largest absolute Gasteiger partial charge is 0.396 e. The molecule has 2 aliphatic rings. The number of rotatable bonds is 6. The van der Waals surface area contributed by atoms with Crippen molar-refractivity contribution in [3.8, 4) is 0 Å². The molecule has 0 spiro atoms. The van der Waals surface area contributed by atoms with Crippen LogP contribution < -0.4 is 10.9 Å². The van der Waals surface area contributed by atoms with Crippen molar-refractivity contribution in [1.29, 1.82) is 0 Å². The van der Waals surface area contributed by atoms with Crippen LogP contribution in [0, 0.1) is 11.8 Å². The van der Waals surface area contributed by atoms with E-state index in [2.05, 4.69) is 5.32 Å². The first-order valence-corrected chi connectivity index (χ1v) is 12.9. The van der Waals surface area contributed by atoms with Crippen LogP contribution in [0.3, 0.4) is 0 Å². The van der Waals surface area contributed by atoms with Crippen LogP contribution in [0.4, 0.5) is 0 Å². The van der Waals surface area contributed by atoms with Crippen LogP contribution in [0.2, 0.25) is 5.02 Å². The summed E-state index contributed by atoms with van der Waals surface area (Å²) in [5.74, 6) is -1.58. The highest BCUT2D eigenvalue weighted by Gasteiger charge is 2.58. The number of hydrogen-bond acceptors (Lipinski definition) is 5. The number of hydrogen-bond donors (Lipinski definition) is 2.